The van der Waals surface area contributed by atoms with Gasteiger partial charge in [-0.05, 0) is 6.07 Å². The standard InChI is InChI=1S/C12H14N2O3/c1-7-14-9-3-2-8(11(15)12(9)17-7)10-6-16-5-4-13-10/h2-3,10,13,15H,4-6H2,1H3. The van der Waals surface area contributed by atoms with Crippen LogP contribution in [0, 0.1) is 6.92 Å². The predicted octanol–water partition coefficient (Wildman–Crippen LogP) is 1.50. The third-order valence-electron chi connectivity index (χ3n) is 2.97. The van der Waals surface area contributed by atoms with E-state index in [4.69, 9.17) is 9.15 Å². The topological polar surface area (TPSA) is 67.5 Å². The van der Waals surface area contributed by atoms with Gasteiger partial charge >= 0.3 is 0 Å². The van der Waals surface area contributed by atoms with Crippen molar-refractivity contribution in [3.63, 3.8) is 0 Å². The van der Waals surface area contributed by atoms with E-state index in [1.54, 1.807) is 6.92 Å². The summed E-state index contributed by atoms with van der Waals surface area (Å²) in [6, 6.07) is 3.74. The summed E-state index contributed by atoms with van der Waals surface area (Å²) in [6.07, 6.45) is 0. The highest BCUT2D eigenvalue weighted by Crippen LogP contribution is 2.33. The molecule has 1 saturated heterocycles. The van der Waals surface area contributed by atoms with Crippen LogP contribution in [0.3, 0.4) is 0 Å². The quantitative estimate of drug-likeness (QED) is 0.782. The highest BCUT2D eigenvalue weighted by molar-refractivity contribution is 5.81. The molecule has 0 radical (unpaired) electrons. The molecule has 90 valence electrons. The third kappa shape index (κ3) is 1.77. The lowest BCUT2D eigenvalue weighted by molar-refractivity contribution is 0.0761. The van der Waals surface area contributed by atoms with Crippen LogP contribution in [0.25, 0.3) is 11.1 Å². The minimum absolute atomic E-state index is 0.0126. The van der Waals surface area contributed by atoms with Gasteiger partial charge < -0.3 is 19.6 Å². The number of oxazole rings is 1. The van der Waals surface area contributed by atoms with Gasteiger partial charge in [-0.2, -0.15) is 0 Å². The second kappa shape index (κ2) is 4.01. The molecule has 5 nitrogen and oxygen atoms in total. The number of benzene rings is 1. The van der Waals surface area contributed by atoms with Gasteiger partial charge in [0.15, 0.2) is 17.2 Å². The zero-order chi connectivity index (χ0) is 11.8. The number of aromatic nitrogens is 1. The van der Waals surface area contributed by atoms with Crippen LogP contribution in [-0.2, 0) is 4.74 Å². The summed E-state index contributed by atoms with van der Waals surface area (Å²) >= 11 is 0. The molecule has 0 aliphatic carbocycles. The number of fused-ring (bicyclic) bond motifs is 1. The normalized spacial score (nSPS) is 20.9. The molecule has 3 rings (SSSR count). The molecule has 0 spiro atoms. The first-order chi connectivity index (χ1) is 8.25. The first kappa shape index (κ1) is 10.6. The van der Waals surface area contributed by atoms with Crippen molar-refractivity contribution in [1.29, 1.82) is 0 Å². The smallest absolute Gasteiger partial charge is 0.196 e. The number of aromatic hydroxyl groups is 1. The Hall–Kier alpha value is -1.59. The summed E-state index contributed by atoms with van der Waals surface area (Å²) in [7, 11) is 0. The van der Waals surface area contributed by atoms with Crippen LogP contribution >= 0.6 is 0 Å². The number of morpholine rings is 1. The lowest BCUT2D eigenvalue weighted by Crippen LogP contribution is -2.34. The van der Waals surface area contributed by atoms with E-state index in [2.05, 4.69) is 10.3 Å². The number of hydrogen-bond acceptors (Lipinski definition) is 5. The van der Waals surface area contributed by atoms with Crippen LogP contribution in [0.4, 0.5) is 0 Å². The van der Waals surface area contributed by atoms with Crippen molar-refractivity contribution in [2.45, 2.75) is 13.0 Å². The number of hydrogen-bond donors (Lipinski definition) is 2. The average Bonchev–Trinajstić information content (AvgIpc) is 2.72. The molecule has 0 saturated carbocycles. The summed E-state index contributed by atoms with van der Waals surface area (Å²) in [5.41, 5.74) is 1.93. The van der Waals surface area contributed by atoms with Crippen LogP contribution in [-0.4, -0.2) is 29.8 Å². The molecule has 1 atom stereocenters. The summed E-state index contributed by atoms with van der Waals surface area (Å²) in [5, 5.41) is 13.5. The SMILES string of the molecule is Cc1nc2ccc(C3COCCN3)c(O)c2o1. The van der Waals surface area contributed by atoms with Crippen molar-refractivity contribution in [2.75, 3.05) is 19.8 Å². The van der Waals surface area contributed by atoms with Crippen molar-refractivity contribution in [2.24, 2.45) is 0 Å². The number of aryl methyl sites for hydroxylation is 1. The van der Waals surface area contributed by atoms with Crippen molar-refractivity contribution < 1.29 is 14.3 Å². The number of rotatable bonds is 1. The first-order valence-electron chi connectivity index (χ1n) is 5.66. The molecule has 2 aromatic rings. The van der Waals surface area contributed by atoms with Crippen LogP contribution in [0.1, 0.15) is 17.5 Å². The maximum absolute atomic E-state index is 10.2. The molecular formula is C12H14N2O3. The Kier molecular flexibility index (Phi) is 2.49. The van der Waals surface area contributed by atoms with Gasteiger partial charge in [-0.1, -0.05) is 6.07 Å². The van der Waals surface area contributed by atoms with Gasteiger partial charge in [0.25, 0.3) is 0 Å². The second-order valence-electron chi connectivity index (χ2n) is 4.17. The zero-order valence-corrected chi connectivity index (χ0v) is 9.56. The van der Waals surface area contributed by atoms with Crippen LogP contribution in [0.15, 0.2) is 16.5 Å². The monoisotopic (exact) mass is 234 g/mol. The third-order valence-corrected chi connectivity index (χ3v) is 2.97. The Morgan fingerprint density at radius 3 is 3.12 bits per heavy atom. The number of phenols is 1. The Bertz CT molecular complexity index is 544. The molecule has 1 aliphatic rings. The molecule has 5 heteroatoms. The van der Waals surface area contributed by atoms with E-state index in [0.29, 0.717) is 30.2 Å². The molecule has 1 aliphatic heterocycles. The molecule has 0 bridgehead atoms. The maximum Gasteiger partial charge on any atom is 0.196 e. The molecular weight excluding hydrogens is 220 g/mol. The molecule has 1 fully saturated rings. The number of phenolic OH excluding ortho intramolecular Hbond substituents is 1. The fourth-order valence-electron chi connectivity index (χ4n) is 2.15. The van der Waals surface area contributed by atoms with E-state index in [-0.39, 0.29) is 11.8 Å². The van der Waals surface area contributed by atoms with Crippen LogP contribution in [0.5, 0.6) is 5.75 Å². The Balaban J connectivity index is 2.06. The minimum atomic E-state index is 0.0126. The lowest BCUT2D eigenvalue weighted by atomic mass is 10.0. The van der Waals surface area contributed by atoms with E-state index in [1.807, 2.05) is 12.1 Å². The van der Waals surface area contributed by atoms with Gasteiger partial charge in [-0.3, -0.25) is 0 Å². The fraction of sp³-hybridized carbons (Fsp3) is 0.417. The minimum Gasteiger partial charge on any atom is -0.504 e. The largest absolute Gasteiger partial charge is 0.504 e. The number of nitrogens with one attached hydrogen (secondary N) is 1. The Morgan fingerprint density at radius 2 is 2.35 bits per heavy atom. The van der Waals surface area contributed by atoms with Crippen LogP contribution in [0.2, 0.25) is 0 Å². The van der Waals surface area contributed by atoms with Crippen molar-refractivity contribution in [3.05, 3.63) is 23.6 Å². The molecule has 0 amide bonds. The number of nitrogens with zero attached hydrogens (tertiary/aromatic N) is 1. The highest BCUT2D eigenvalue weighted by Gasteiger charge is 2.21. The van der Waals surface area contributed by atoms with E-state index in [0.717, 1.165) is 12.1 Å². The van der Waals surface area contributed by atoms with Gasteiger partial charge in [0.05, 0.1) is 19.3 Å². The highest BCUT2D eigenvalue weighted by atomic mass is 16.5. The van der Waals surface area contributed by atoms with E-state index in [1.165, 1.54) is 0 Å². The van der Waals surface area contributed by atoms with E-state index < -0.39 is 0 Å². The first-order valence-corrected chi connectivity index (χ1v) is 5.66. The molecule has 1 unspecified atom stereocenters. The average molecular weight is 234 g/mol. The molecule has 1 aromatic heterocycles. The summed E-state index contributed by atoms with van der Waals surface area (Å²) < 4.78 is 10.8. The number of ether oxygens (including phenoxy) is 1. The fourth-order valence-corrected chi connectivity index (χ4v) is 2.15. The van der Waals surface area contributed by atoms with Crippen molar-refractivity contribution >= 4 is 11.1 Å². The molecule has 1 aromatic carbocycles. The molecule has 2 N–H and O–H groups in total. The second-order valence-corrected chi connectivity index (χ2v) is 4.17. The lowest BCUT2D eigenvalue weighted by Gasteiger charge is -2.24. The molecule has 17 heavy (non-hydrogen) atoms. The molecule has 2 heterocycles. The van der Waals surface area contributed by atoms with Gasteiger partial charge in [-0.15, -0.1) is 0 Å². The zero-order valence-electron chi connectivity index (χ0n) is 9.56. The predicted molar refractivity (Wildman–Crippen MR) is 62.0 cm³/mol. The van der Waals surface area contributed by atoms with Gasteiger partial charge in [0, 0.05) is 19.0 Å². The van der Waals surface area contributed by atoms with Crippen molar-refractivity contribution in [1.82, 2.24) is 10.3 Å². The van der Waals surface area contributed by atoms with E-state index in [9.17, 15) is 5.11 Å². The van der Waals surface area contributed by atoms with E-state index >= 15 is 0 Å². The van der Waals surface area contributed by atoms with Gasteiger partial charge in [-0.25, -0.2) is 4.98 Å². The summed E-state index contributed by atoms with van der Waals surface area (Å²) in [6.45, 7) is 3.83. The Morgan fingerprint density at radius 1 is 1.47 bits per heavy atom. The van der Waals surface area contributed by atoms with Gasteiger partial charge in [0.1, 0.15) is 5.52 Å². The maximum atomic E-state index is 10.2. The van der Waals surface area contributed by atoms with Gasteiger partial charge in [0.2, 0.25) is 0 Å². The van der Waals surface area contributed by atoms with Crippen LogP contribution < -0.4 is 5.32 Å². The summed E-state index contributed by atoms with van der Waals surface area (Å²) in [5.74, 6) is 0.714. The summed E-state index contributed by atoms with van der Waals surface area (Å²) in [4.78, 5) is 4.18. The van der Waals surface area contributed by atoms with Crippen molar-refractivity contribution in [3.8, 4) is 5.75 Å². The Labute approximate surface area is 98.4 Å².